The van der Waals surface area contributed by atoms with Gasteiger partial charge in [-0.05, 0) is 18.2 Å². The smallest absolute Gasteiger partial charge is 0.216 e. The number of hydrogen-bond donors (Lipinski definition) is 0. The lowest BCUT2D eigenvalue weighted by Crippen LogP contribution is -1.90. The number of ether oxygens (including phenoxy) is 1. The van der Waals surface area contributed by atoms with Gasteiger partial charge in [0.05, 0.1) is 0 Å². The van der Waals surface area contributed by atoms with Gasteiger partial charge in [0.25, 0.3) is 0 Å². The first-order chi connectivity index (χ1) is 7.65. The lowest BCUT2D eigenvalue weighted by Gasteiger charge is -2.06. The largest absolute Gasteiger partial charge is 0.454 e. The molecule has 16 heavy (non-hydrogen) atoms. The van der Waals surface area contributed by atoms with Crippen LogP contribution in [0.5, 0.6) is 11.5 Å². The molecule has 0 atom stereocenters. The molecule has 0 amide bonds. The van der Waals surface area contributed by atoms with E-state index in [1.807, 2.05) is 0 Å². The Morgan fingerprint density at radius 2 is 1.81 bits per heavy atom. The maximum absolute atomic E-state index is 13.2. The van der Waals surface area contributed by atoms with Crippen molar-refractivity contribution in [2.45, 2.75) is 0 Å². The van der Waals surface area contributed by atoms with Crippen molar-refractivity contribution in [3.63, 3.8) is 0 Å². The van der Waals surface area contributed by atoms with Crippen LogP contribution in [0, 0.1) is 17.6 Å². The Balaban J connectivity index is 2.27. The van der Waals surface area contributed by atoms with Crippen molar-refractivity contribution in [1.82, 2.24) is 4.98 Å². The van der Waals surface area contributed by atoms with E-state index < -0.39 is 17.6 Å². The molecule has 2 aromatic rings. The molecule has 0 saturated carbocycles. The summed E-state index contributed by atoms with van der Waals surface area (Å²) in [6.07, 6.45) is 1.19. The van der Waals surface area contributed by atoms with Crippen LogP contribution in [-0.2, 0) is 0 Å². The third-order valence-electron chi connectivity index (χ3n) is 1.82. The van der Waals surface area contributed by atoms with Crippen LogP contribution in [0.2, 0.25) is 0 Å². The van der Waals surface area contributed by atoms with Crippen molar-refractivity contribution in [1.29, 1.82) is 0 Å². The van der Waals surface area contributed by atoms with Crippen LogP contribution >= 0.6 is 0 Å². The normalized spacial score (nSPS) is 10.2. The molecule has 0 saturated heterocycles. The van der Waals surface area contributed by atoms with Crippen molar-refractivity contribution in [3.8, 4) is 11.5 Å². The molecule has 0 aliphatic heterocycles. The van der Waals surface area contributed by atoms with Gasteiger partial charge in [0.15, 0.2) is 11.6 Å². The molecule has 0 aliphatic rings. The predicted octanol–water partition coefficient (Wildman–Crippen LogP) is 3.29. The summed E-state index contributed by atoms with van der Waals surface area (Å²) in [5.74, 6) is -2.37. The fourth-order valence-electron chi connectivity index (χ4n) is 1.13. The second-order valence-corrected chi connectivity index (χ2v) is 2.99. The molecular weight excluding hydrogens is 219 g/mol. The van der Waals surface area contributed by atoms with Crippen LogP contribution in [0.1, 0.15) is 0 Å². The maximum Gasteiger partial charge on any atom is 0.216 e. The molecule has 2 nitrogen and oxygen atoms in total. The minimum atomic E-state index is -0.850. The highest BCUT2D eigenvalue weighted by atomic mass is 19.1. The van der Waals surface area contributed by atoms with Gasteiger partial charge >= 0.3 is 0 Å². The Kier molecular flexibility index (Phi) is 2.76. The topological polar surface area (TPSA) is 22.1 Å². The van der Waals surface area contributed by atoms with Gasteiger partial charge in [-0.3, -0.25) is 0 Å². The maximum atomic E-state index is 13.2. The molecule has 1 aromatic carbocycles. The molecule has 0 spiro atoms. The molecule has 0 radical (unpaired) electrons. The van der Waals surface area contributed by atoms with E-state index in [-0.39, 0.29) is 11.5 Å². The average Bonchev–Trinajstić information content (AvgIpc) is 2.22. The van der Waals surface area contributed by atoms with Crippen molar-refractivity contribution < 1.29 is 17.9 Å². The van der Waals surface area contributed by atoms with E-state index >= 15 is 0 Å². The number of rotatable bonds is 2. The number of halogens is 3. The zero-order valence-corrected chi connectivity index (χ0v) is 7.95. The summed E-state index contributed by atoms with van der Waals surface area (Å²) < 4.78 is 43.5. The zero-order chi connectivity index (χ0) is 11.5. The molecule has 0 bridgehead atoms. The Labute approximate surface area is 89.3 Å². The molecule has 2 rings (SSSR count). The van der Waals surface area contributed by atoms with Crippen LogP contribution in [0.25, 0.3) is 0 Å². The molecule has 0 aliphatic carbocycles. The minimum absolute atomic E-state index is 0.0954. The quantitative estimate of drug-likeness (QED) is 0.731. The third-order valence-corrected chi connectivity index (χ3v) is 1.82. The third kappa shape index (κ3) is 2.31. The summed E-state index contributed by atoms with van der Waals surface area (Å²) in [7, 11) is 0. The van der Waals surface area contributed by atoms with Crippen LogP contribution in [-0.4, -0.2) is 4.98 Å². The summed E-state index contributed by atoms with van der Waals surface area (Å²) in [6, 6.07) is 5.24. The van der Waals surface area contributed by atoms with Gasteiger partial charge in [0.2, 0.25) is 5.95 Å². The van der Waals surface area contributed by atoms with E-state index in [1.54, 1.807) is 0 Å². The fourth-order valence-corrected chi connectivity index (χ4v) is 1.13. The number of aromatic nitrogens is 1. The highest BCUT2D eigenvalue weighted by Crippen LogP contribution is 2.24. The first-order valence-electron chi connectivity index (χ1n) is 4.39. The van der Waals surface area contributed by atoms with Gasteiger partial charge in [-0.1, -0.05) is 0 Å². The molecule has 0 unspecified atom stereocenters. The van der Waals surface area contributed by atoms with Gasteiger partial charge in [-0.25, -0.2) is 13.8 Å². The van der Waals surface area contributed by atoms with E-state index in [2.05, 4.69) is 4.98 Å². The van der Waals surface area contributed by atoms with Crippen LogP contribution in [0.3, 0.4) is 0 Å². The summed E-state index contributed by atoms with van der Waals surface area (Å²) in [5, 5.41) is 0. The highest BCUT2D eigenvalue weighted by Gasteiger charge is 2.06. The predicted molar refractivity (Wildman–Crippen MR) is 50.6 cm³/mol. The molecule has 82 valence electrons. The van der Waals surface area contributed by atoms with Gasteiger partial charge in [0, 0.05) is 18.3 Å². The van der Waals surface area contributed by atoms with Gasteiger partial charge in [-0.15, -0.1) is 0 Å². The SMILES string of the molecule is Fc1ccc(Oc2ccnc(F)c2)c(F)c1. The number of benzene rings is 1. The highest BCUT2D eigenvalue weighted by molar-refractivity contribution is 5.31. The van der Waals surface area contributed by atoms with Crippen molar-refractivity contribution in [2.75, 3.05) is 0 Å². The molecule has 1 aromatic heterocycles. The standard InChI is InChI=1S/C11H6F3NO/c12-7-1-2-10(9(13)5-7)16-8-3-4-15-11(14)6-8/h1-6H. The van der Waals surface area contributed by atoms with E-state index in [1.165, 1.54) is 12.3 Å². The van der Waals surface area contributed by atoms with Crippen molar-refractivity contribution >= 4 is 0 Å². The molecule has 1 heterocycles. The second-order valence-electron chi connectivity index (χ2n) is 2.99. The summed E-state index contributed by atoms with van der Waals surface area (Å²) in [4.78, 5) is 3.32. The average molecular weight is 225 g/mol. The summed E-state index contributed by atoms with van der Waals surface area (Å²) >= 11 is 0. The zero-order valence-electron chi connectivity index (χ0n) is 7.95. The summed E-state index contributed by atoms with van der Waals surface area (Å²) in [5.41, 5.74) is 0. The van der Waals surface area contributed by atoms with Gasteiger partial charge in [0.1, 0.15) is 11.6 Å². The van der Waals surface area contributed by atoms with Crippen LogP contribution in [0.4, 0.5) is 13.2 Å². The molecule has 0 N–H and O–H groups in total. The van der Waals surface area contributed by atoms with E-state index in [0.717, 1.165) is 18.2 Å². The van der Waals surface area contributed by atoms with Crippen LogP contribution in [0.15, 0.2) is 36.5 Å². The minimum Gasteiger partial charge on any atom is -0.454 e. The molecular formula is C11H6F3NO. The van der Waals surface area contributed by atoms with Crippen molar-refractivity contribution in [2.24, 2.45) is 0 Å². The van der Waals surface area contributed by atoms with E-state index in [9.17, 15) is 13.2 Å². The Hall–Kier alpha value is -2.04. The van der Waals surface area contributed by atoms with Crippen molar-refractivity contribution in [3.05, 3.63) is 54.1 Å². The number of hydrogen-bond acceptors (Lipinski definition) is 2. The van der Waals surface area contributed by atoms with Gasteiger partial charge < -0.3 is 4.74 Å². The first kappa shape index (κ1) is 10.5. The number of nitrogens with zero attached hydrogens (tertiary/aromatic N) is 1. The Morgan fingerprint density at radius 1 is 1.00 bits per heavy atom. The molecule has 5 heteroatoms. The Bertz CT molecular complexity index is 516. The Morgan fingerprint density at radius 3 is 2.50 bits per heavy atom. The molecule has 0 fully saturated rings. The lowest BCUT2D eigenvalue weighted by atomic mass is 10.3. The summed E-state index contributed by atoms with van der Waals surface area (Å²) in [6.45, 7) is 0. The fraction of sp³-hybridized carbons (Fsp3) is 0. The lowest BCUT2D eigenvalue weighted by molar-refractivity contribution is 0.432. The monoisotopic (exact) mass is 225 g/mol. The second kappa shape index (κ2) is 4.22. The van der Waals surface area contributed by atoms with E-state index in [0.29, 0.717) is 6.07 Å². The number of pyridine rings is 1. The van der Waals surface area contributed by atoms with Gasteiger partial charge in [-0.2, -0.15) is 4.39 Å². The van der Waals surface area contributed by atoms with Crippen LogP contribution < -0.4 is 4.74 Å². The van der Waals surface area contributed by atoms with E-state index in [4.69, 9.17) is 4.74 Å². The first-order valence-corrected chi connectivity index (χ1v) is 4.39.